The van der Waals surface area contributed by atoms with Crippen LogP contribution in [0.1, 0.15) is 11.1 Å². The molecule has 1 aromatic carbocycles. The Morgan fingerprint density at radius 1 is 1.41 bits per heavy atom. The Kier molecular flexibility index (Phi) is 3.37. The molecule has 92 valence electrons. The summed E-state index contributed by atoms with van der Waals surface area (Å²) in [5.74, 6) is 1.55. The van der Waals surface area contributed by atoms with E-state index in [1.165, 1.54) is 7.11 Å². The van der Waals surface area contributed by atoms with Crippen LogP contribution >= 0.6 is 0 Å². The molecular formula is C12H15NO4. The largest absolute Gasteiger partial charge is 0.454 e. The van der Waals surface area contributed by atoms with Crippen molar-refractivity contribution in [3.8, 4) is 11.5 Å². The molecule has 1 aromatic rings. The first-order valence-corrected chi connectivity index (χ1v) is 5.41. The van der Waals surface area contributed by atoms with Gasteiger partial charge in [0.25, 0.3) is 0 Å². The van der Waals surface area contributed by atoms with E-state index in [0.717, 1.165) is 29.0 Å². The third-order valence-electron chi connectivity index (χ3n) is 2.68. The lowest BCUT2D eigenvalue weighted by Crippen LogP contribution is -2.25. The summed E-state index contributed by atoms with van der Waals surface area (Å²) in [4.78, 5) is 10.9. The van der Waals surface area contributed by atoms with Crippen LogP contribution in [-0.2, 0) is 11.2 Å². The van der Waals surface area contributed by atoms with Gasteiger partial charge in [0.1, 0.15) is 0 Å². The maximum absolute atomic E-state index is 10.9. The fourth-order valence-corrected chi connectivity index (χ4v) is 1.73. The molecule has 0 saturated carbocycles. The fraction of sp³-hybridized carbons (Fsp3) is 0.417. The summed E-state index contributed by atoms with van der Waals surface area (Å²) in [5, 5.41) is 2.64. The van der Waals surface area contributed by atoms with Crippen LogP contribution in [0.5, 0.6) is 11.5 Å². The number of rotatable bonds is 3. The van der Waals surface area contributed by atoms with Gasteiger partial charge in [-0.15, -0.1) is 0 Å². The Balaban J connectivity index is 1.99. The summed E-state index contributed by atoms with van der Waals surface area (Å²) in [5.41, 5.74) is 2.26. The lowest BCUT2D eigenvalue weighted by atomic mass is 10.0. The predicted molar refractivity (Wildman–Crippen MR) is 61.4 cm³/mol. The van der Waals surface area contributed by atoms with Crippen LogP contribution in [0.4, 0.5) is 4.79 Å². The van der Waals surface area contributed by atoms with Crippen LogP contribution in [-0.4, -0.2) is 26.5 Å². The maximum Gasteiger partial charge on any atom is 0.406 e. The van der Waals surface area contributed by atoms with Crippen LogP contribution in [0, 0.1) is 6.92 Å². The van der Waals surface area contributed by atoms with E-state index in [1.54, 1.807) is 0 Å². The molecule has 17 heavy (non-hydrogen) atoms. The Labute approximate surface area is 99.7 Å². The second kappa shape index (κ2) is 4.95. The van der Waals surface area contributed by atoms with Gasteiger partial charge in [0, 0.05) is 6.54 Å². The summed E-state index contributed by atoms with van der Waals surface area (Å²) < 4.78 is 15.1. The first-order valence-electron chi connectivity index (χ1n) is 5.41. The van der Waals surface area contributed by atoms with Gasteiger partial charge >= 0.3 is 6.09 Å². The van der Waals surface area contributed by atoms with E-state index in [4.69, 9.17) is 9.47 Å². The highest BCUT2D eigenvalue weighted by Gasteiger charge is 2.15. The molecule has 0 aromatic heterocycles. The highest BCUT2D eigenvalue weighted by molar-refractivity contribution is 5.66. The average Bonchev–Trinajstić information content (AvgIpc) is 2.76. The summed E-state index contributed by atoms with van der Waals surface area (Å²) in [6.07, 6.45) is 0.320. The average molecular weight is 237 g/mol. The van der Waals surface area contributed by atoms with Gasteiger partial charge in [0.15, 0.2) is 11.5 Å². The molecule has 0 spiro atoms. The second-order valence-corrected chi connectivity index (χ2v) is 3.80. The zero-order valence-corrected chi connectivity index (χ0v) is 9.91. The van der Waals surface area contributed by atoms with Crippen LogP contribution in [0.3, 0.4) is 0 Å². The van der Waals surface area contributed by atoms with Crippen molar-refractivity contribution in [2.24, 2.45) is 0 Å². The van der Waals surface area contributed by atoms with Crippen molar-refractivity contribution in [1.29, 1.82) is 0 Å². The number of fused-ring (bicyclic) bond motifs is 1. The number of hydrogen-bond donors (Lipinski definition) is 1. The zero-order valence-electron chi connectivity index (χ0n) is 9.91. The third-order valence-corrected chi connectivity index (χ3v) is 2.68. The molecule has 0 fully saturated rings. The minimum atomic E-state index is -0.414. The number of methoxy groups -OCH3 is 1. The topological polar surface area (TPSA) is 56.8 Å². The van der Waals surface area contributed by atoms with Crippen molar-refractivity contribution in [1.82, 2.24) is 5.32 Å². The van der Waals surface area contributed by atoms with E-state index in [-0.39, 0.29) is 6.79 Å². The van der Waals surface area contributed by atoms with Crippen molar-refractivity contribution in [3.05, 3.63) is 23.3 Å². The number of carbonyl (C=O) groups is 1. The standard InChI is InChI=1S/C12H15NO4/c1-8-5-10-11(17-7-16-10)6-9(8)3-4-13-12(14)15-2/h5-6H,3-4,7H2,1-2H3,(H,13,14). The molecule has 0 atom stereocenters. The first-order chi connectivity index (χ1) is 8.20. The molecule has 5 nitrogen and oxygen atoms in total. The summed E-state index contributed by atoms with van der Waals surface area (Å²) in [6, 6.07) is 3.91. The van der Waals surface area contributed by atoms with E-state index in [0.29, 0.717) is 6.54 Å². The van der Waals surface area contributed by atoms with Gasteiger partial charge in [-0.05, 0) is 36.6 Å². The van der Waals surface area contributed by atoms with Gasteiger partial charge in [-0.2, -0.15) is 0 Å². The van der Waals surface area contributed by atoms with Crippen molar-refractivity contribution in [2.45, 2.75) is 13.3 Å². The Bertz CT molecular complexity index is 431. The lowest BCUT2D eigenvalue weighted by molar-refractivity contribution is 0.171. The number of nitrogens with one attached hydrogen (secondary N) is 1. The third kappa shape index (κ3) is 2.61. The Morgan fingerprint density at radius 3 is 2.82 bits per heavy atom. The monoisotopic (exact) mass is 237 g/mol. The second-order valence-electron chi connectivity index (χ2n) is 3.80. The Morgan fingerprint density at radius 2 is 2.12 bits per heavy atom. The van der Waals surface area contributed by atoms with E-state index in [9.17, 15) is 4.79 Å². The van der Waals surface area contributed by atoms with E-state index >= 15 is 0 Å². The van der Waals surface area contributed by atoms with Gasteiger partial charge in [-0.3, -0.25) is 0 Å². The molecule has 1 N–H and O–H groups in total. The van der Waals surface area contributed by atoms with E-state index < -0.39 is 6.09 Å². The van der Waals surface area contributed by atoms with Gasteiger partial charge in [0.2, 0.25) is 6.79 Å². The number of ether oxygens (including phenoxy) is 3. The van der Waals surface area contributed by atoms with Gasteiger partial charge < -0.3 is 19.5 Å². The van der Waals surface area contributed by atoms with Crippen LogP contribution < -0.4 is 14.8 Å². The van der Waals surface area contributed by atoms with E-state index in [2.05, 4.69) is 10.1 Å². The van der Waals surface area contributed by atoms with Crippen molar-refractivity contribution < 1.29 is 19.0 Å². The van der Waals surface area contributed by atoms with E-state index in [1.807, 2.05) is 19.1 Å². The van der Waals surface area contributed by atoms with Crippen LogP contribution in [0.15, 0.2) is 12.1 Å². The Hall–Kier alpha value is -1.91. The minimum Gasteiger partial charge on any atom is -0.454 e. The van der Waals surface area contributed by atoms with Crippen molar-refractivity contribution >= 4 is 6.09 Å². The summed E-state index contributed by atoms with van der Waals surface area (Å²) >= 11 is 0. The molecule has 0 unspecified atom stereocenters. The van der Waals surface area contributed by atoms with Crippen LogP contribution in [0.2, 0.25) is 0 Å². The zero-order chi connectivity index (χ0) is 12.3. The number of amides is 1. The fourth-order valence-electron chi connectivity index (χ4n) is 1.73. The first kappa shape index (κ1) is 11.6. The smallest absolute Gasteiger partial charge is 0.406 e. The highest BCUT2D eigenvalue weighted by atomic mass is 16.7. The number of aryl methyl sites for hydroxylation is 1. The van der Waals surface area contributed by atoms with Gasteiger partial charge in [-0.1, -0.05) is 0 Å². The quantitative estimate of drug-likeness (QED) is 0.868. The molecule has 1 heterocycles. The normalized spacial score (nSPS) is 12.4. The summed E-state index contributed by atoms with van der Waals surface area (Å²) in [7, 11) is 1.35. The van der Waals surface area contributed by atoms with Crippen molar-refractivity contribution in [3.63, 3.8) is 0 Å². The molecule has 0 radical (unpaired) electrons. The highest BCUT2D eigenvalue weighted by Crippen LogP contribution is 2.34. The minimum absolute atomic E-state index is 0.276. The predicted octanol–water partition coefficient (Wildman–Crippen LogP) is 1.62. The number of benzene rings is 1. The van der Waals surface area contributed by atoms with Crippen molar-refractivity contribution in [2.75, 3.05) is 20.4 Å². The molecule has 0 bridgehead atoms. The number of alkyl carbamates (subject to hydrolysis) is 1. The molecule has 2 rings (SSSR count). The number of carbonyl (C=O) groups excluding carboxylic acids is 1. The number of hydrogen-bond acceptors (Lipinski definition) is 4. The van der Waals surface area contributed by atoms with Crippen LogP contribution in [0.25, 0.3) is 0 Å². The summed E-state index contributed by atoms with van der Waals surface area (Å²) in [6.45, 7) is 2.82. The molecule has 1 aliphatic heterocycles. The molecule has 0 aliphatic carbocycles. The molecule has 0 saturated heterocycles. The van der Waals surface area contributed by atoms with Gasteiger partial charge in [0.05, 0.1) is 7.11 Å². The molecule has 1 amide bonds. The maximum atomic E-state index is 10.9. The molecule has 5 heteroatoms. The molecular weight excluding hydrogens is 222 g/mol. The van der Waals surface area contributed by atoms with Gasteiger partial charge in [-0.25, -0.2) is 4.79 Å². The molecule has 1 aliphatic rings. The lowest BCUT2D eigenvalue weighted by Gasteiger charge is -2.08. The SMILES string of the molecule is COC(=O)NCCc1cc2c(cc1C)OCO2.